The summed E-state index contributed by atoms with van der Waals surface area (Å²) < 4.78 is 0. The van der Waals surface area contributed by atoms with Crippen LogP contribution in [-0.2, 0) is 11.2 Å². The summed E-state index contributed by atoms with van der Waals surface area (Å²) in [5, 5.41) is 3.54. The Balaban J connectivity index is 1.77. The van der Waals surface area contributed by atoms with Gasteiger partial charge in [0.2, 0.25) is 5.91 Å². The van der Waals surface area contributed by atoms with E-state index >= 15 is 0 Å². The second-order valence-electron chi connectivity index (χ2n) is 5.62. The van der Waals surface area contributed by atoms with E-state index < -0.39 is 0 Å². The lowest BCUT2D eigenvalue weighted by molar-refractivity contribution is -0.132. The van der Waals surface area contributed by atoms with Crippen LogP contribution in [0.4, 0.5) is 0 Å². The Morgan fingerprint density at radius 2 is 2.15 bits per heavy atom. The van der Waals surface area contributed by atoms with Gasteiger partial charge in [-0.05, 0) is 37.8 Å². The summed E-state index contributed by atoms with van der Waals surface area (Å²) in [7, 11) is 0. The van der Waals surface area contributed by atoms with E-state index in [4.69, 9.17) is 0 Å². The Morgan fingerprint density at radius 1 is 1.35 bits per heavy atom. The summed E-state index contributed by atoms with van der Waals surface area (Å²) in [5.74, 6) is 0.303. The quantitative estimate of drug-likeness (QED) is 0.865. The molecule has 1 fully saturated rings. The largest absolute Gasteiger partial charge is 0.341 e. The fourth-order valence-corrected chi connectivity index (χ4v) is 2.77. The van der Waals surface area contributed by atoms with Crippen LogP contribution in [0, 0.1) is 0 Å². The standard InChI is InChI=1S/C17H26N2O/c1-2-12-18-16-9-6-13-19(14-16)17(20)11-10-15-7-4-3-5-8-15/h3-5,7-8,16,18H,2,6,9-14H2,1H3. The first-order valence-electron chi connectivity index (χ1n) is 7.84. The van der Waals surface area contributed by atoms with E-state index in [1.54, 1.807) is 0 Å². The molecule has 1 N–H and O–H groups in total. The molecule has 20 heavy (non-hydrogen) atoms. The van der Waals surface area contributed by atoms with Gasteiger partial charge in [0.1, 0.15) is 0 Å². The lowest BCUT2D eigenvalue weighted by Crippen LogP contribution is -2.48. The molecular weight excluding hydrogens is 248 g/mol. The van der Waals surface area contributed by atoms with Crippen molar-refractivity contribution in [2.75, 3.05) is 19.6 Å². The number of hydrogen-bond donors (Lipinski definition) is 1. The average molecular weight is 274 g/mol. The Kier molecular flexibility index (Phi) is 6.06. The van der Waals surface area contributed by atoms with Crippen LogP contribution in [-0.4, -0.2) is 36.5 Å². The van der Waals surface area contributed by atoms with E-state index in [1.165, 1.54) is 12.0 Å². The van der Waals surface area contributed by atoms with E-state index in [-0.39, 0.29) is 0 Å². The molecule has 1 heterocycles. The van der Waals surface area contributed by atoms with Gasteiger partial charge in [0.05, 0.1) is 0 Å². The number of likely N-dealkylation sites (tertiary alicyclic amines) is 1. The van der Waals surface area contributed by atoms with Crippen LogP contribution in [0.5, 0.6) is 0 Å². The number of piperidine rings is 1. The van der Waals surface area contributed by atoms with Crippen molar-refractivity contribution in [3.05, 3.63) is 35.9 Å². The van der Waals surface area contributed by atoms with Gasteiger partial charge in [0.25, 0.3) is 0 Å². The van der Waals surface area contributed by atoms with Crippen molar-refractivity contribution in [3.8, 4) is 0 Å². The summed E-state index contributed by atoms with van der Waals surface area (Å²) in [6, 6.07) is 10.8. The van der Waals surface area contributed by atoms with Crippen molar-refractivity contribution >= 4 is 5.91 Å². The number of nitrogens with zero attached hydrogens (tertiary/aromatic N) is 1. The van der Waals surface area contributed by atoms with Crippen molar-refractivity contribution in [1.29, 1.82) is 0 Å². The molecule has 1 aromatic rings. The van der Waals surface area contributed by atoms with Gasteiger partial charge in [-0.25, -0.2) is 0 Å². The molecule has 1 unspecified atom stereocenters. The second kappa shape index (κ2) is 8.05. The lowest BCUT2D eigenvalue weighted by Gasteiger charge is -2.33. The fraction of sp³-hybridized carbons (Fsp3) is 0.588. The van der Waals surface area contributed by atoms with Crippen molar-refractivity contribution in [1.82, 2.24) is 10.2 Å². The highest BCUT2D eigenvalue weighted by molar-refractivity contribution is 5.76. The molecular formula is C17H26N2O. The maximum absolute atomic E-state index is 12.3. The Labute approximate surface area is 122 Å². The van der Waals surface area contributed by atoms with E-state index in [9.17, 15) is 4.79 Å². The van der Waals surface area contributed by atoms with Crippen LogP contribution in [0.2, 0.25) is 0 Å². The first-order chi connectivity index (χ1) is 9.79. The van der Waals surface area contributed by atoms with Gasteiger partial charge in [-0.1, -0.05) is 37.3 Å². The normalized spacial score (nSPS) is 19.1. The van der Waals surface area contributed by atoms with Gasteiger partial charge >= 0.3 is 0 Å². The molecule has 1 saturated heterocycles. The Bertz CT molecular complexity index is 405. The second-order valence-corrected chi connectivity index (χ2v) is 5.62. The first-order valence-corrected chi connectivity index (χ1v) is 7.84. The number of nitrogens with one attached hydrogen (secondary N) is 1. The zero-order valence-corrected chi connectivity index (χ0v) is 12.5. The first kappa shape index (κ1) is 15.0. The summed E-state index contributed by atoms with van der Waals surface area (Å²) in [6.45, 7) is 5.04. The van der Waals surface area contributed by atoms with E-state index in [2.05, 4.69) is 24.4 Å². The Morgan fingerprint density at radius 3 is 2.90 bits per heavy atom. The predicted octanol–water partition coefficient (Wildman–Crippen LogP) is 2.61. The van der Waals surface area contributed by atoms with Crippen molar-refractivity contribution in [2.24, 2.45) is 0 Å². The van der Waals surface area contributed by atoms with E-state index in [0.717, 1.165) is 38.9 Å². The monoisotopic (exact) mass is 274 g/mol. The molecule has 0 aromatic heterocycles. The van der Waals surface area contributed by atoms with Gasteiger partial charge in [-0.3, -0.25) is 4.79 Å². The lowest BCUT2D eigenvalue weighted by atomic mass is 10.0. The highest BCUT2D eigenvalue weighted by Crippen LogP contribution is 2.12. The summed E-state index contributed by atoms with van der Waals surface area (Å²) >= 11 is 0. The minimum absolute atomic E-state index is 0.303. The smallest absolute Gasteiger partial charge is 0.222 e. The van der Waals surface area contributed by atoms with Crippen molar-refractivity contribution in [3.63, 3.8) is 0 Å². The summed E-state index contributed by atoms with van der Waals surface area (Å²) in [6.07, 6.45) is 4.95. The molecule has 3 nitrogen and oxygen atoms in total. The molecule has 2 rings (SSSR count). The number of carbonyl (C=O) groups excluding carboxylic acids is 1. The number of carbonyl (C=O) groups is 1. The van der Waals surface area contributed by atoms with Crippen molar-refractivity contribution < 1.29 is 4.79 Å². The van der Waals surface area contributed by atoms with Crippen LogP contribution < -0.4 is 5.32 Å². The highest BCUT2D eigenvalue weighted by atomic mass is 16.2. The van der Waals surface area contributed by atoms with Crippen LogP contribution in [0.25, 0.3) is 0 Å². The number of hydrogen-bond acceptors (Lipinski definition) is 2. The zero-order valence-electron chi connectivity index (χ0n) is 12.5. The van der Waals surface area contributed by atoms with E-state index in [0.29, 0.717) is 18.4 Å². The van der Waals surface area contributed by atoms with Crippen LogP contribution >= 0.6 is 0 Å². The number of rotatable bonds is 6. The van der Waals surface area contributed by atoms with Crippen LogP contribution in [0.3, 0.4) is 0 Å². The third-order valence-corrected chi connectivity index (χ3v) is 3.93. The van der Waals surface area contributed by atoms with Crippen LogP contribution in [0.15, 0.2) is 30.3 Å². The molecule has 110 valence electrons. The third kappa shape index (κ3) is 4.64. The summed E-state index contributed by atoms with van der Waals surface area (Å²) in [5.41, 5.74) is 1.25. The highest BCUT2D eigenvalue weighted by Gasteiger charge is 2.22. The fourth-order valence-electron chi connectivity index (χ4n) is 2.77. The molecule has 0 saturated carbocycles. The molecule has 1 aliphatic rings. The van der Waals surface area contributed by atoms with Gasteiger partial charge in [0, 0.05) is 25.6 Å². The average Bonchev–Trinajstić information content (AvgIpc) is 2.52. The maximum Gasteiger partial charge on any atom is 0.222 e. The van der Waals surface area contributed by atoms with Gasteiger partial charge < -0.3 is 10.2 Å². The predicted molar refractivity (Wildman–Crippen MR) is 82.7 cm³/mol. The summed E-state index contributed by atoms with van der Waals surface area (Å²) in [4.78, 5) is 14.3. The molecule has 0 spiro atoms. The minimum Gasteiger partial charge on any atom is -0.341 e. The van der Waals surface area contributed by atoms with Gasteiger partial charge in [-0.2, -0.15) is 0 Å². The number of benzene rings is 1. The molecule has 1 atom stereocenters. The van der Waals surface area contributed by atoms with Crippen LogP contribution in [0.1, 0.15) is 38.2 Å². The Hall–Kier alpha value is -1.35. The van der Waals surface area contributed by atoms with E-state index in [1.807, 2.05) is 23.1 Å². The molecule has 0 radical (unpaired) electrons. The molecule has 0 bridgehead atoms. The zero-order chi connectivity index (χ0) is 14.2. The molecule has 3 heteroatoms. The molecule has 1 amide bonds. The SMILES string of the molecule is CCCNC1CCCN(C(=O)CCc2ccccc2)C1. The molecule has 0 aliphatic carbocycles. The van der Waals surface area contributed by atoms with Crippen molar-refractivity contribution in [2.45, 2.75) is 45.1 Å². The third-order valence-electron chi connectivity index (χ3n) is 3.93. The topological polar surface area (TPSA) is 32.3 Å². The molecule has 1 aromatic carbocycles. The molecule has 1 aliphatic heterocycles. The number of amides is 1. The minimum atomic E-state index is 0.303. The van der Waals surface area contributed by atoms with Gasteiger partial charge in [-0.15, -0.1) is 0 Å². The maximum atomic E-state index is 12.3. The van der Waals surface area contributed by atoms with Gasteiger partial charge in [0.15, 0.2) is 0 Å². The number of aryl methyl sites for hydroxylation is 1.